The number of benzene rings is 2. The van der Waals surface area contributed by atoms with Crippen molar-refractivity contribution in [3.8, 4) is 22.5 Å². The van der Waals surface area contributed by atoms with Crippen LogP contribution in [0.5, 0.6) is 0 Å². The zero-order chi connectivity index (χ0) is 36.2. The van der Waals surface area contributed by atoms with E-state index in [2.05, 4.69) is 15.6 Å². The minimum absolute atomic E-state index is 0.0343. The van der Waals surface area contributed by atoms with E-state index in [4.69, 9.17) is 0 Å². The van der Waals surface area contributed by atoms with Gasteiger partial charge in [-0.05, 0) is 11.6 Å². The topological polar surface area (TPSA) is 239 Å². The molecule has 1 aromatic heterocycles. The third kappa shape index (κ3) is 10.4. The molecule has 1 aliphatic heterocycles. The lowest BCUT2D eigenvalue weighted by molar-refractivity contribution is -0.143. The van der Waals surface area contributed by atoms with Crippen LogP contribution in [0.2, 0.25) is 0 Å². The summed E-state index contributed by atoms with van der Waals surface area (Å²) in [5, 5.41) is 48.4. The van der Waals surface area contributed by atoms with Gasteiger partial charge >= 0.3 is 23.9 Å². The first kappa shape index (κ1) is 37.1. The Labute approximate surface area is 286 Å². The van der Waals surface area contributed by atoms with Gasteiger partial charge in [0.15, 0.2) is 0 Å². The molecule has 50 heavy (non-hydrogen) atoms. The third-order valence-electron chi connectivity index (χ3n) is 7.86. The molecular weight excluding hydrogens is 656 g/mol. The van der Waals surface area contributed by atoms with Gasteiger partial charge in [0.2, 0.25) is 12.3 Å². The van der Waals surface area contributed by atoms with Crippen molar-refractivity contribution in [2.45, 2.75) is 13.1 Å². The van der Waals surface area contributed by atoms with Gasteiger partial charge in [0.1, 0.15) is 5.69 Å². The maximum absolute atomic E-state index is 13.2. The maximum atomic E-state index is 13.2. The van der Waals surface area contributed by atoms with Crippen molar-refractivity contribution in [3.05, 3.63) is 54.1 Å². The molecule has 0 atom stereocenters. The lowest BCUT2D eigenvalue weighted by Gasteiger charge is -2.28. The van der Waals surface area contributed by atoms with Gasteiger partial charge in [-0.1, -0.05) is 47.7 Å². The number of hydrogen-bond donors (Lipinski definition) is 5. The minimum atomic E-state index is -1.24. The van der Waals surface area contributed by atoms with E-state index < -0.39 is 56.0 Å². The number of aromatic nitrogens is 3. The zero-order valence-electron chi connectivity index (χ0n) is 27.1. The van der Waals surface area contributed by atoms with E-state index in [1.54, 1.807) is 14.5 Å². The van der Waals surface area contributed by atoms with E-state index in [1.807, 2.05) is 48.5 Å². The van der Waals surface area contributed by atoms with E-state index in [0.29, 0.717) is 23.6 Å². The van der Waals surface area contributed by atoms with Crippen molar-refractivity contribution in [1.82, 2.24) is 35.0 Å². The highest BCUT2D eigenvalue weighted by Crippen LogP contribution is 2.40. The average Bonchev–Trinajstić information content (AvgIpc) is 3.46. The molecule has 18 nitrogen and oxygen atoms in total. The van der Waals surface area contributed by atoms with Gasteiger partial charge in [-0.2, -0.15) is 0 Å². The predicted octanol–water partition coefficient (Wildman–Crippen LogP) is -0.551. The van der Waals surface area contributed by atoms with Crippen LogP contribution in [0.4, 0.5) is 5.69 Å². The average molecular weight is 695 g/mol. The third-order valence-corrected chi connectivity index (χ3v) is 7.86. The van der Waals surface area contributed by atoms with Gasteiger partial charge in [-0.25, -0.2) is 4.68 Å². The molecule has 0 saturated heterocycles. The molecule has 2 heterocycles. The summed E-state index contributed by atoms with van der Waals surface area (Å²) < 4.78 is 1.67. The number of carbonyl (C=O) groups excluding carboxylic acids is 2. The molecule has 2 amide bonds. The van der Waals surface area contributed by atoms with Gasteiger partial charge in [0.05, 0.1) is 57.2 Å². The summed E-state index contributed by atoms with van der Waals surface area (Å²) in [6, 6.07) is 14.9. The van der Waals surface area contributed by atoms with Crippen molar-refractivity contribution in [1.29, 1.82) is 0 Å². The number of anilines is 1. The van der Waals surface area contributed by atoms with Crippen molar-refractivity contribution >= 4 is 41.9 Å². The van der Waals surface area contributed by atoms with Gasteiger partial charge in [0.25, 0.3) is 0 Å². The van der Waals surface area contributed by atoms with Crippen molar-refractivity contribution in [3.63, 3.8) is 0 Å². The summed E-state index contributed by atoms with van der Waals surface area (Å²) >= 11 is 0. The number of nitrogens with zero attached hydrogens (tertiary/aromatic N) is 7. The van der Waals surface area contributed by atoms with Crippen LogP contribution < -0.4 is 10.2 Å². The largest absolute Gasteiger partial charge is 0.480 e. The van der Waals surface area contributed by atoms with Crippen LogP contribution in [-0.2, 0) is 41.9 Å². The quantitative estimate of drug-likeness (QED) is 0.0933. The Morgan fingerprint density at radius 2 is 1.24 bits per heavy atom. The van der Waals surface area contributed by atoms with Crippen LogP contribution in [-0.4, -0.2) is 152 Å². The number of para-hydroxylation sites is 1. The Kier molecular flexibility index (Phi) is 13.1. The highest BCUT2D eigenvalue weighted by Gasteiger charge is 2.26. The van der Waals surface area contributed by atoms with Crippen molar-refractivity contribution in [2.75, 3.05) is 70.3 Å². The van der Waals surface area contributed by atoms with Crippen LogP contribution in [0.3, 0.4) is 0 Å². The molecule has 18 heteroatoms. The summed E-state index contributed by atoms with van der Waals surface area (Å²) in [5.74, 6) is -5.39. The van der Waals surface area contributed by atoms with E-state index in [-0.39, 0.29) is 45.8 Å². The zero-order valence-corrected chi connectivity index (χ0v) is 27.1. The van der Waals surface area contributed by atoms with Gasteiger partial charge < -0.3 is 30.6 Å². The molecular formula is C32H38N8O10. The number of rotatable bonds is 20. The smallest absolute Gasteiger partial charge is 0.317 e. The number of carboxylic acid groups (broad SMARTS) is 4. The molecule has 0 radical (unpaired) electrons. The summed E-state index contributed by atoms with van der Waals surface area (Å²) in [6.45, 7) is -1.81. The molecule has 266 valence electrons. The van der Waals surface area contributed by atoms with Crippen LogP contribution in [0.25, 0.3) is 22.5 Å². The Morgan fingerprint density at radius 3 is 1.80 bits per heavy atom. The second-order valence-corrected chi connectivity index (χ2v) is 11.5. The molecule has 0 fully saturated rings. The van der Waals surface area contributed by atoms with Gasteiger partial charge in [0, 0.05) is 43.9 Å². The second-order valence-electron chi connectivity index (χ2n) is 11.5. The highest BCUT2D eigenvalue weighted by molar-refractivity contribution is 5.92. The number of nitrogens with one attached hydrogen (secondary N) is 1. The van der Waals surface area contributed by atoms with E-state index in [9.17, 15) is 49.2 Å². The van der Waals surface area contributed by atoms with Crippen LogP contribution in [0, 0.1) is 0 Å². The van der Waals surface area contributed by atoms with E-state index in [1.165, 1.54) is 9.80 Å². The molecule has 1 aliphatic rings. The standard InChI is InChI=1S/C32H38N8O10/c41-21-39-15-22-5-1-2-6-23(22)32-31(24-7-3-4-8-25(24)39)34-35-40(32)10-9-33-26(42)16-36(11-13-37(17-27(43)44)18-28(45)46)12-14-38(19-29(47)48)20-30(49)50/h1-8,21H,9-20H2,(H,33,42)(H,43,44)(H,45,46)(H,47,48)(H,49,50). The Bertz CT molecular complexity index is 1640. The monoisotopic (exact) mass is 694 g/mol. The molecule has 0 saturated carbocycles. The first-order valence-electron chi connectivity index (χ1n) is 15.6. The molecule has 0 bridgehead atoms. The molecule has 3 aromatic rings. The molecule has 0 spiro atoms. The Morgan fingerprint density at radius 1 is 0.720 bits per heavy atom. The molecule has 0 aliphatic carbocycles. The van der Waals surface area contributed by atoms with Gasteiger partial charge in [-0.3, -0.25) is 43.5 Å². The number of carbonyl (C=O) groups is 6. The summed E-state index contributed by atoms with van der Waals surface area (Å²) in [5.41, 5.74) is 4.37. The number of fused-ring (bicyclic) bond motifs is 5. The van der Waals surface area contributed by atoms with E-state index in [0.717, 1.165) is 23.1 Å². The van der Waals surface area contributed by atoms with Crippen LogP contribution in [0.15, 0.2) is 48.5 Å². The molecule has 2 aromatic carbocycles. The fraction of sp³-hybridized carbons (Fsp3) is 0.375. The number of hydrogen-bond acceptors (Lipinski definition) is 11. The van der Waals surface area contributed by atoms with Crippen LogP contribution in [0.1, 0.15) is 5.56 Å². The molecule has 0 unspecified atom stereocenters. The van der Waals surface area contributed by atoms with Crippen molar-refractivity contribution < 1.29 is 49.2 Å². The molecule has 5 N–H and O–H groups in total. The normalized spacial score (nSPS) is 12.1. The Hall–Kier alpha value is -5.72. The first-order chi connectivity index (χ1) is 23.9. The number of aliphatic carboxylic acids is 4. The lowest BCUT2D eigenvalue weighted by Crippen LogP contribution is -2.47. The summed E-state index contributed by atoms with van der Waals surface area (Å²) in [4.78, 5) is 75.8. The fourth-order valence-corrected chi connectivity index (χ4v) is 5.68. The fourth-order valence-electron chi connectivity index (χ4n) is 5.68. The first-order valence-corrected chi connectivity index (χ1v) is 15.6. The lowest BCUT2D eigenvalue weighted by atomic mass is 9.96. The number of carboxylic acids is 4. The van der Waals surface area contributed by atoms with Gasteiger partial charge in [-0.15, -0.1) is 5.10 Å². The maximum Gasteiger partial charge on any atom is 0.317 e. The second kappa shape index (κ2) is 17.6. The van der Waals surface area contributed by atoms with E-state index >= 15 is 0 Å². The summed E-state index contributed by atoms with van der Waals surface area (Å²) in [6.07, 6.45) is 0.773. The number of amides is 2. The highest BCUT2D eigenvalue weighted by atomic mass is 16.4. The summed E-state index contributed by atoms with van der Waals surface area (Å²) in [7, 11) is 0. The minimum Gasteiger partial charge on any atom is -0.480 e. The Balaban J connectivity index is 1.48. The van der Waals surface area contributed by atoms with Crippen molar-refractivity contribution in [2.24, 2.45) is 0 Å². The SMILES string of the molecule is O=CN1Cc2ccccc2-c2c(nnn2CCNC(=O)CN(CCN(CC(=O)O)CC(=O)O)CCN(CC(=O)O)CC(=O)O)-c2ccccc21. The predicted molar refractivity (Wildman–Crippen MR) is 176 cm³/mol. The van der Waals surface area contributed by atoms with Crippen LogP contribution >= 0.6 is 0 Å². The molecule has 4 rings (SSSR count).